The Morgan fingerprint density at radius 3 is 2.26 bits per heavy atom. The van der Waals surface area contributed by atoms with Crippen LogP contribution in [0.4, 0.5) is 5.69 Å². The van der Waals surface area contributed by atoms with Crippen LogP contribution in [-0.2, 0) is 16.1 Å². The first-order valence-corrected chi connectivity index (χ1v) is 14.8. The topological polar surface area (TPSA) is 104 Å². The van der Waals surface area contributed by atoms with E-state index in [-0.39, 0.29) is 11.3 Å². The van der Waals surface area contributed by atoms with Crippen LogP contribution in [0.3, 0.4) is 0 Å². The van der Waals surface area contributed by atoms with E-state index in [1.54, 1.807) is 7.05 Å². The lowest BCUT2D eigenvalue weighted by molar-refractivity contribution is -0.160. The van der Waals surface area contributed by atoms with E-state index >= 15 is 0 Å². The number of rotatable bonds is 9. The molecule has 228 valence electrons. The number of aliphatic imine (C=N–C) groups is 1. The van der Waals surface area contributed by atoms with Gasteiger partial charge in [-0.25, -0.2) is 4.79 Å². The molecule has 2 aromatic carbocycles. The molecule has 1 amide bonds. The minimum atomic E-state index is -1.20. The third-order valence-electron chi connectivity index (χ3n) is 7.93. The maximum absolute atomic E-state index is 12.9. The number of piperidine rings is 1. The molecule has 0 unspecified atom stereocenters. The number of hydrogen-bond donors (Lipinski definition) is 2. The molecule has 1 aromatic heterocycles. The van der Waals surface area contributed by atoms with Gasteiger partial charge in [0.05, 0.1) is 11.3 Å². The van der Waals surface area contributed by atoms with E-state index < -0.39 is 17.7 Å². The molecule has 2 heterocycles. The maximum Gasteiger partial charge on any atom is 0.337 e. The summed E-state index contributed by atoms with van der Waals surface area (Å²) in [5.74, 6) is -1.21. The summed E-state index contributed by atoms with van der Waals surface area (Å²) in [5.41, 5.74) is 5.41. The van der Waals surface area contributed by atoms with Gasteiger partial charge in [0.25, 0.3) is 5.91 Å². The van der Waals surface area contributed by atoms with Gasteiger partial charge in [0, 0.05) is 66.4 Å². The summed E-state index contributed by atoms with van der Waals surface area (Å²) in [6, 6.07) is 17.2. The summed E-state index contributed by atoms with van der Waals surface area (Å²) in [5, 5.41) is 13.4. The van der Waals surface area contributed by atoms with Crippen LogP contribution in [-0.4, -0.2) is 53.9 Å². The first kappa shape index (κ1) is 31.9. The molecule has 1 aliphatic heterocycles. The zero-order chi connectivity index (χ0) is 31.4. The van der Waals surface area contributed by atoms with E-state index in [9.17, 15) is 14.7 Å². The van der Waals surface area contributed by atoms with Gasteiger partial charge in [-0.1, -0.05) is 49.4 Å². The van der Waals surface area contributed by atoms with Crippen molar-refractivity contribution >= 4 is 23.8 Å². The zero-order valence-electron chi connectivity index (χ0n) is 26.4. The van der Waals surface area contributed by atoms with Gasteiger partial charge in [0.15, 0.2) is 6.10 Å². The molecular formula is C35H44N4O4. The monoisotopic (exact) mass is 584 g/mol. The van der Waals surface area contributed by atoms with Gasteiger partial charge in [-0.05, 0) is 70.7 Å². The van der Waals surface area contributed by atoms with Gasteiger partial charge in [0.2, 0.25) is 0 Å². The van der Waals surface area contributed by atoms with Crippen molar-refractivity contribution in [2.24, 2.45) is 10.4 Å². The maximum atomic E-state index is 12.9. The van der Waals surface area contributed by atoms with Crippen LogP contribution in [0.15, 0.2) is 59.6 Å². The normalized spacial score (nSPS) is 15.8. The lowest BCUT2D eigenvalue weighted by Crippen LogP contribution is -2.41. The number of nitrogens with one attached hydrogen (secondary N) is 1. The second-order valence-electron chi connectivity index (χ2n) is 12.6. The van der Waals surface area contributed by atoms with Crippen LogP contribution in [0.5, 0.6) is 0 Å². The van der Waals surface area contributed by atoms with E-state index in [1.165, 1.54) is 0 Å². The number of aryl methyl sites for hydroxylation is 2. The number of ether oxygens (including phenoxy) is 1. The number of carboxylic acid groups (broad SMARTS) is 1. The summed E-state index contributed by atoms with van der Waals surface area (Å²) in [6.45, 7) is 13.5. The van der Waals surface area contributed by atoms with Crippen molar-refractivity contribution in [1.29, 1.82) is 0 Å². The summed E-state index contributed by atoms with van der Waals surface area (Å²) in [4.78, 5) is 37.1. The highest BCUT2D eigenvalue weighted by atomic mass is 16.5. The molecule has 8 heteroatoms. The predicted octanol–water partition coefficient (Wildman–Crippen LogP) is 6.54. The van der Waals surface area contributed by atoms with Crippen LogP contribution in [0.2, 0.25) is 0 Å². The Bertz CT molecular complexity index is 1470. The highest BCUT2D eigenvalue weighted by Gasteiger charge is 2.37. The lowest BCUT2D eigenvalue weighted by atomic mass is 9.80. The fourth-order valence-electron chi connectivity index (χ4n) is 5.77. The molecule has 0 radical (unpaired) electrons. The Hall–Kier alpha value is -4.04. The van der Waals surface area contributed by atoms with Gasteiger partial charge in [-0.15, -0.1) is 0 Å². The smallest absolute Gasteiger partial charge is 0.337 e. The lowest BCUT2D eigenvalue weighted by Gasteiger charge is -2.41. The van der Waals surface area contributed by atoms with Crippen LogP contribution in [0, 0.1) is 19.3 Å². The molecule has 43 heavy (non-hydrogen) atoms. The molecule has 1 atom stereocenters. The average Bonchev–Trinajstić information content (AvgIpc) is 2.95. The number of pyridine rings is 1. The van der Waals surface area contributed by atoms with Gasteiger partial charge in [-0.3, -0.25) is 9.78 Å². The van der Waals surface area contributed by atoms with Crippen LogP contribution >= 0.6 is 0 Å². The van der Waals surface area contributed by atoms with Crippen LogP contribution < -0.4 is 10.2 Å². The van der Waals surface area contributed by atoms with Gasteiger partial charge in [0.1, 0.15) is 0 Å². The second kappa shape index (κ2) is 13.1. The number of carboxylic acids is 1. The van der Waals surface area contributed by atoms with Crippen molar-refractivity contribution in [3.8, 4) is 11.1 Å². The Balaban J connectivity index is 1.78. The van der Waals surface area contributed by atoms with Crippen LogP contribution in [0.25, 0.3) is 11.1 Å². The Labute approximate surface area is 255 Å². The quantitative estimate of drug-likeness (QED) is 0.277. The number of benzene rings is 2. The van der Waals surface area contributed by atoms with Crippen LogP contribution in [0.1, 0.15) is 79.5 Å². The number of carbonyl (C=O) groups is 2. The van der Waals surface area contributed by atoms with Crippen molar-refractivity contribution in [3.63, 3.8) is 0 Å². The number of nitrogens with zero attached hydrogens (tertiary/aromatic N) is 3. The van der Waals surface area contributed by atoms with Crippen molar-refractivity contribution in [2.75, 3.05) is 25.0 Å². The molecule has 0 saturated carbocycles. The molecule has 1 aliphatic rings. The number of aromatic nitrogens is 1. The Morgan fingerprint density at radius 1 is 1.07 bits per heavy atom. The summed E-state index contributed by atoms with van der Waals surface area (Å²) >= 11 is 0. The van der Waals surface area contributed by atoms with Crippen molar-refractivity contribution in [3.05, 3.63) is 82.7 Å². The third kappa shape index (κ3) is 7.68. The number of hydrogen-bond acceptors (Lipinski definition) is 6. The van der Waals surface area contributed by atoms with E-state index in [0.29, 0.717) is 23.4 Å². The predicted molar refractivity (Wildman–Crippen MR) is 172 cm³/mol. The summed E-state index contributed by atoms with van der Waals surface area (Å²) < 4.78 is 6.18. The Kier molecular flexibility index (Phi) is 9.70. The molecule has 0 bridgehead atoms. The molecule has 1 saturated heterocycles. The molecule has 0 spiro atoms. The number of anilines is 1. The van der Waals surface area contributed by atoms with Gasteiger partial charge >= 0.3 is 5.97 Å². The molecule has 4 rings (SSSR count). The number of aliphatic carboxylic acids is 1. The highest BCUT2D eigenvalue weighted by molar-refractivity contribution is 5.95. The fraction of sp³-hybridized carbons (Fsp3) is 0.429. The minimum Gasteiger partial charge on any atom is -0.479 e. The van der Waals surface area contributed by atoms with Gasteiger partial charge < -0.3 is 25.1 Å². The molecular weight excluding hydrogens is 540 g/mol. The van der Waals surface area contributed by atoms with Gasteiger partial charge in [-0.2, -0.15) is 0 Å². The molecule has 0 aliphatic carbocycles. The molecule has 2 N–H and O–H groups in total. The first-order valence-electron chi connectivity index (χ1n) is 14.8. The van der Waals surface area contributed by atoms with E-state index in [1.807, 2.05) is 95.4 Å². The third-order valence-corrected chi connectivity index (χ3v) is 7.93. The first-order chi connectivity index (χ1) is 20.3. The summed E-state index contributed by atoms with van der Waals surface area (Å²) in [6.07, 6.45) is 2.58. The van der Waals surface area contributed by atoms with E-state index in [4.69, 9.17) is 9.72 Å². The second-order valence-corrected chi connectivity index (χ2v) is 12.6. The van der Waals surface area contributed by atoms with E-state index in [2.05, 4.69) is 22.1 Å². The Morgan fingerprint density at radius 2 is 1.70 bits per heavy atom. The van der Waals surface area contributed by atoms with Crippen molar-refractivity contribution < 1.29 is 19.4 Å². The van der Waals surface area contributed by atoms with Crippen molar-refractivity contribution in [2.45, 2.75) is 72.6 Å². The molecule has 1 fully saturated rings. The number of amides is 1. The number of carbonyl (C=O) groups excluding carboxylic acids is 1. The largest absolute Gasteiger partial charge is 0.479 e. The fourth-order valence-corrected chi connectivity index (χ4v) is 5.77. The zero-order valence-corrected chi connectivity index (χ0v) is 26.4. The van der Waals surface area contributed by atoms with Crippen molar-refractivity contribution in [1.82, 2.24) is 10.3 Å². The molecule has 8 nitrogen and oxygen atoms in total. The summed E-state index contributed by atoms with van der Waals surface area (Å²) in [7, 11) is 1.80. The average molecular weight is 585 g/mol. The SMILES string of the molecule is CN=CC1(C)CCN(c2c(-c3ccc(C(=O)NCc4ccccc4)cc3)c(C)nc(C)c2[C@H](OC(C)(C)C)C(=O)O)CC1. The van der Waals surface area contributed by atoms with E-state index in [0.717, 1.165) is 54.0 Å². The standard InChI is InChI=1S/C35H44N4O4/c1-23-28(26-13-15-27(16-14-26)32(40)37-21-25-11-9-8-10-12-25)30(39-19-17-35(6,18-20-39)22-36-7)29(24(2)38-23)31(33(41)42)43-34(3,4)5/h8-16,22,31H,17-21H2,1-7H3,(H,37,40)(H,41,42)/t31-/m0/s1. The molecule has 3 aromatic rings. The highest BCUT2D eigenvalue weighted by Crippen LogP contribution is 2.44. The minimum absolute atomic E-state index is 0.0223.